The van der Waals surface area contributed by atoms with Gasteiger partial charge in [0.2, 0.25) is 0 Å². The first-order valence-electron chi connectivity index (χ1n) is 7.84. The minimum atomic E-state index is 0. The summed E-state index contributed by atoms with van der Waals surface area (Å²) in [7, 11) is 1.67. The Hall–Kier alpha value is -1.30. The Bertz CT molecular complexity index is 710. The fraction of sp³-hybridized carbons (Fsp3) is 0.471. The molecule has 2 aromatic rings. The predicted octanol–water partition coefficient (Wildman–Crippen LogP) is 3.16. The van der Waals surface area contributed by atoms with E-state index in [4.69, 9.17) is 4.74 Å². The maximum Gasteiger partial charge on any atom is 0.261 e. The molecule has 6 heteroatoms. The van der Waals surface area contributed by atoms with E-state index < -0.39 is 0 Å². The summed E-state index contributed by atoms with van der Waals surface area (Å²) < 4.78 is 6.43. The third-order valence-corrected chi connectivity index (χ3v) is 6.09. The molecule has 124 valence electrons. The van der Waals surface area contributed by atoms with Crippen LogP contribution >= 0.6 is 23.7 Å². The summed E-state index contributed by atoms with van der Waals surface area (Å²) in [4.78, 5) is 15.8. The fourth-order valence-electron chi connectivity index (χ4n) is 3.68. The Balaban J connectivity index is 0.00000156. The third kappa shape index (κ3) is 3.05. The lowest BCUT2D eigenvalue weighted by Gasteiger charge is -2.44. The van der Waals surface area contributed by atoms with Crippen LogP contribution in [0.2, 0.25) is 0 Å². The topological polar surface area (TPSA) is 41.6 Å². The van der Waals surface area contributed by atoms with Crippen LogP contribution in [0, 0.1) is 5.92 Å². The molecule has 0 saturated carbocycles. The molecule has 4 nitrogen and oxygen atoms in total. The molecule has 2 bridgehead atoms. The predicted molar refractivity (Wildman–Crippen MR) is 96.0 cm³/mol. The van der Waals surface area contributed by atoms with E-state index in [-0.39, 0.29) is 18.3 Å². The average Bonchev–Trinajstić information content (AvgIpc) is 3.00. The van der Waals surface area contributed by atoms with Gasteiger partial charge in [-0.05, 0) is 49.4 Å². The van der Waals surface area contributed by atoms with Crippen LogP contribution in [-0.4, -0.2) is 43.6 Å². The second-order valence-corrected chi connectivity index (χ2v) is 7.26. The van der Waals surface area contributed by atoms with E-state index in [1.807, 2.05) is 24.3 Å². The number of benzene rings is 1. The number of carbonyl (C=O) groups excluding carboxylic acids is 1. The molecule has 0 aliphatic carbocycles. The van der Waals surface area contributed by atoms with Crippen LogP contribution in [0.4, 0.5) is 0 Å². The van der Waals surface area contributed by atoms with Gasteiger partial charge in [-0.1, -0.05) is 12.1 Å². The Kier molecular flexibility index (Phi) is 4.80. The maximum absolute atomic E-state index is 12.6. The second kappa shape index (κ2) is 6.67. The Labute approximate surface area is 146 Å². The fourth-order valence-corrected chi connectivity index (χ4v) is 4.73. The normalized spacial score (nSPS) is 25.9. The quantitative estimate of drug-likeness (QED) is 0.922. The van der Waals surface area contributed by atoms with Crippen molar-refractivity contribution in [3.63, 3.8) is 0 Å². The molecule has 0 radical (unpaired) electrons. The van der Waals surface area contributed by atoms with Gasteiger partial charge in [-0.25, -0.2) is 0 Å². The van der Waals surface area contributed by atoms with Crippen molar-refractivity contribution in [1.29, 1.82) is 0 Å². The molecule has 1 aromatic carbocycles. The number of fused-ring (bicyclic) bond motifs is 4. The van der Waals surface area contributed by atoms with Crippen LogP contribution in [0.3, 0.4) is 0 Å². The Morgan fingerprint density at radius 2 is 2.13 bits per heavy atom. The van der Waals surface area contributed by atoms with Crippen molar-refractivity contribution in [2.45, 2.75) is 18.9 Å². The van der Waals surface area contributed by atoms with E-state index in [9.17, 15) is 4.79 Å². The van der Waals surface area contributed by atoms with Crippen LogP contribution in [0.25, 0.3) is 10.1 Å². The van der Waals surface area contributed by atoms with Crippen molar-refractivity contribution in [1.82, 2.24) is 10.2 Å². The number of nitrogens with zero attached hydrogens (tertiary/aromatic N) is 1. The summed E-state index contributed by atoms with van der Waals surface area (Å²) in [6.07, 6.45) is 2.43. The van der Waals surface area contributed by atoms with Gasteiger partial charge in [0.05, 0.1) is 16.7 Å². The molecular weight excluding hydrogens is 332 g/mol. The van der Waals surface area contributed by atoms with Crippen molar-refractivity contribution in [3.8, 4) is 5.75 Å². The second-order valence-electron chi connectivity index (χ2n) is 6.21. The first-order chi connectivity index (χ1) is 10.7. The number of piperidine rings is 3. The van der Waals surface area contributed by atoms with E-state index in [0.717, 1.165) is 27.3 Å². The lowest BCUT2D eigenvalue weighted by Crippen LogP contribution is -2.57. The van der Waals surface area contributed by atoms with Gasteiger partial charge in [0.25, 0.3) is 5.91 Å². The summed E-state index contributed by atoms with van der Waals surface area (Å²) in [5, 5.41) is 4.33. The summed E-state index contributed by atoms with van der Waals surface area (Å²) in [5.74, 6) is 1.55. The minimum absolute atomic E-state index is 0. The number of ether oxygens (including phenoxy) is 1. The molecule has 3 aliphatic heterocycles. The van der Waals surface area contributed by atoms with Crippen LogP contribution in [0.5, 0.6) is 5.75 Å². The van der Waals surface area contributed by atoms with Crippen LogP contribution in [0.1, 0.15) is 22.5 Å². The molecule has 0 unspecified atom stereocenters. The monoisotopic (exact) mass is 352 g/mol. The number of thiophene rings is 1. The Morgan fingerprint density at radius 3 is 2.78 bits per heavy atom. The zero-order valence-electron chi connectivity index (χ0n) is 13.1. The SMILES string of the molecule is COc1cccc2cc(C(=O)N[C@H]3CN4CCC3CC4)sc12.Cl. The molecule has 3 saturated heterocycles. The van der Waals surface area contributed by atoms with Crippen molar-refractivity contribution in [2.75, 3.05) is 26.7 Å². The first kappa shape index (κ1) is 16.6. The largest absolute Gasteiger partial charge is 0.495 e. The van der Waals surface area contributed by atoms with Gasteiger partial charge in [0.1, 0.15) is 5.75 Å². The average molecular weight is 353 g/mol. The molecule has 3 aliphatic rings. The zero-order chi connectivity index (χ0) is 15.1. The summed E-state index contributed by atoms with van der Waals surface area (Å²) in [5.41, 5.74) is 0. The lowest BCUT2D eigenvalue weighted by molar-refractivity contribution is 0.0622. The van der Waals surface area contributed by atoms with Gasteiger partial charge >= 0.3 is 0 Å². The third-order valence-electron chi connectivity index (χ3n) is 4.92. The van der Waals surface area contributed by atoms with Gasteiger partial charge in [-0.15, -0.1) is 23.7 Å². The van der Waals surface area contributed by atoms with Gasteiger partial charge in [0, 0.05) is 12.6 Å². The van der Waals surface area contributed by atoms with E-state index >= 15 is 0 Å². The van der Waals surface area contributed by atoms with Crippen molar-refractivity contribution in [2.24, 2.45) is 5.92 Å². The molecule has 4 heterocycles. The summed E-state index contributed by atoms with van der Waals surface area (Å²) in [6, 6.07) is 8.21. The maximum atomic E-state index is 12.6. The molecule has 3 fully saturated rings. The molecule has 23 heavy (non-hydrogen) atoms. The number of hydrogen-bond donors (Lipinski definition) is 1. The number of rotatable bonds is 3. The molecule has 1 aromatic heterocycles. The number of carbonyl (C=O) groups is 1. The molecule has 0 spiro atoms. The van der Waals surface area contributed by atoms with Crippen molar-refractivity contribution >= 4 is 39.7 Å². The summed E-state index contributed by atoms with van der Waals surface area (Å²) >= 11 is 1.51. The van der Waals surface area contributed by atoms with E-state index in [1.165, 1.54) is 37.3 Å². The van der Waals surface area contributed by atoms with Crippen LogP contribution in [0.15, 0.2) is 24.3 Å². The number of halogens is 1. The summed E-state index contributed by atoms with van der Waals surface area (Å²) in [6.45, 7) is 3.39. The highest BCUT2D eigenvalue weighted by molar-refractivity contribution is 7.21. The molecule has 1 amide bonds. The lowest BCUT2D eigenvalue weighted by atomic mass is 9.84. The molecular formula is C17H21ClN2O2S. The first-order valence-corrected chi connectivity index (χ1v) is 8.66. The molecule has 5 rings (SSSR count). The standard InChI is InChI=1S/C17H20N2O2S.ClH/c1-21-14-4-2-3-12-9-15(22-16(12)14)17(20)18-13-10-19-7-5-11(13)6-8-19;/h2-4,9,11,13H,5-8,10H2,1H3,(H,18,20);1H/t13-;/m0./s1. The molecule has 1 N–H and O–H groups in total. The van der Waals surface area contributed by atoms with Gasteiger partial charge in [0.15, 0.2) is 0 Å². The van der Waals surface area contributed by atoms with Crippen LogP contribution in [-0.2, 0) is 0 Å². The minimum Gasteiger partial charge on any atom is -0.495 e. The Morgan fingerprint density at radius 1 is 1.35 bits per heavy atom. The molecule has 1 atom stereocenters. The van der Waals surface area contributed by atoms with E-state index in [0.29, 0.717) is 12.0 Å². The smallest absolute Gasteiger partial charge is 0.261 e. The highest BCUT2D eigenvalue weighted by Gasteiger charge is 2.35. The number of amides is 1. The van der Waals surface area contributed by atoms with Crippen molar-refractivity contribution in [3.05, 3.63) is 29.1 Å². The highest BCUT2D eigenvalue weighted by atomic mass is 35.5. The number of methoxy groups -OCH3 is 1. The van der Waals surface area contributed by atoms with Gasteiger partial charge < -0.3 is 15.0 Å². The van der Waals surface area contributed by atoms with E-state index in [1.54, 1.807) is 7.11 Å². The van der Waals surface area contributed by atoms with Crippen LogP contribution < -0.4 is 10.1 Å². The van der Waals surface area contributed by atoms with Gasteiger partial charge in [-0.2, -0.15) is 0 Å². The zero-order valence-corrected chi connectivity index (χ0v) is 14.7. The number of nitrogens with one attached hydrogen (secondary N) is 1. The number of hydrogen-bond acceptors (Lipinski definition) is 4. The highest BCUT2D eigenvalue weighted by Crippen LogP contribution is 2.34. The van der Waals surface area contributed by atoms with Gasteiger partial charge in [-0.3, -0.25) is 4.79 Å². The van der Waals surface area contributed by atoms with Crippen molar-refractivity contribution < 1.29 is 9.53 Å². The van der Waals surface area contributed by atoms with E-state index in [2.05, 4.69) is 10.2 Å².